The van der Waals surface area contributed by atoms with Gasteiger partial charge in [0, 0.05) is 12.1 Å². The van der Waals surface area contributed by atoms with E-state index in [-0.39, 0.29) is 35.7 Å². The highest BCUT2D eigenvalue weighted by Crippen LogP contribution is 2.38. The fraction of sp³-hybridized carbons (Fsp3) is 0.300. The smallest absolute Gasteiger partial charge is 0.255 e. The van der Waals surface area contributed by atoms with Crippen molar-refractivity contribution in [3.8, 4) is 17.2 Å². The molecule has 2 rings (SSSR count). The van der Waals surface area contributed by atoms with Crippen molar-refractivity contribution in [2.75, 3.05) is 27.4 Å². The van der Waals surface area contributed by atoms with Crippen molar-refractivity contribution in [3.05, 3.63) is 53.6 Å². The Labute approximate surface area is 158 Å². The van der Waals surface area contributed by atoms with E-state index in [0.29, 0.717) is 12.1 Å². The molecule has 0 spiro atoms. The highest BCUT2D eigenvalue weighted by molar-refractivity contribution is 5.95. The van der Waals surface area contributed by atoms with E-state index in [4.69, 9.17) is 19.9 Å². The Morgan fingerprint density at radius 1 is 1.07 bits per heavy atom. The fourth-order valence-corrected chi connectivity index (χ4v) is 2.54. The van der Waals surface area contributed by atoms with Crippen LogP contribution in [0, 0.1) is 0 Å². The van der Waals surface area contributed by atoms with E-state index in [9.17, 15) is 9.59 Å². The first-order valence-electron chi connectivity index (χ1n) is 8.46. The molecule has 0 saturated carbocycles. The molecular weight excluding hydrogens is 348 g/mol. The van der Waals surface area contributed by atoms with Crippen LogP contribution in [-0.4, -0.2) is 39.2 Å². The zero-order valence-corrected chi connectivity index (χ0v) is 15.7. The number of amides is 2. The first-order valence-corrected chi connectivity index (χ1v) is 8.46. The van der Waals surface area contributed by atoms with Gasteiger partial charge in [-0.15, -0.1) is 0 Å². The number of methoxy groups -OCH3 is 2. The van der Waals surface area contributed by atoms with Gasteiger partial charge in [0.25, 0.3) is 11.8 Å². The molecular formula is C20H24N2O5. The average molecular weight is 372 g/mol. The minimum absolute atomic E-state index is 0.164. The molecule has 0 aromatic heterocycles. The van der Waals surface area contributed by atoms with Gasteiger partial charge in [-0.1, -0.05) is 37.3 Å². The zero-order chi connectivity index (χ0) is 19.8. The highest BCUT2D eigenvalue weighted by atomic mass is 16.5. The van der Waals surface area contributed by atoms with Crippen LogP contribution in [0.4, 0.5) is 0 Å². The van der Waals surface area contributed by atoms with Gasteiger partial charge in [0.15, 0.2) is 18.1 Å². The van der Waals surface area contributed by atoms with Gasteiger partial charge in [0.1, 0.15) is 0 Å². The Kier molecular flexibility index (Phi) is 7.05. The van der Waals surface area contributed by atoms with Crippen molar-refractivity contribution in [2.45, 2.75) is 12.8 Å². The molecule has 2 aromatic carbocycles. The van der Waals surface area contributed by atoms with Gasteiger partial charge in [-0.2, -0.15) is 0 Å². The van der Waals surface area contributed by atoms with E-state index in [1.165, 1.54) is 26.4 Å². The van der Waals surface area contributed by atoms with Crippen LogP contribution in [0.25, 0.3) is 0 Å². The Morgan fingerprint density at radius 3 is 2.19 bits per heavy atom. The molecule has 1 atom stereocenters. The maximum atomic E-state index is 12.6. The number of primary amides is 1. The van der Waals surface area contributed by atoms with Crippen molar-refractivity contribution < 1.29 is 23.8 Å². The van der Waals surface area contributed by atoms with Gasteiger partial charge in [0.2, 0.25) is 5.75 Å². The second kappa shape index (κ2) is 9.47. The van der Waals surface area contributed by atoms with Crippen LogP contribution in [-0.2, 0) is 4.79 Å². The first kappa shape index (κ1) is 20.1. The number of carbonyl (C=O) groups excluding carboxylic acids is 2. The summed E-state index contributed by atoms with van der Waals surface area (Å²) in [4.78, 5) is 23.5. The molecule has 2 amide bonds. The lowest BCUT2D eigenvalue weighted by atomic mass is 10.0. The molecule has 3 N–H and O–H groups in total. The fourth-order valence-electron chi connectivity index (χ4n) is 2.54. The lowest BCUT2D eigenvalue weighted by molar-refractivity contribution is -0.120. The Morgan fingerprint density at radius 2 is 1.67 bits per heavy atom. The van der Waals surface area contributed by atoms with Crippen LogP contribution in [0.2, 0.25) is 0 Å². The summed E-state index contributed by atoms with van der Waals surface area (Å²) < 4.78 is 15.9. The number of ether oxygens (including phenoxy) is 3. The third kappa shape index (κ3) is 5.37. The van der Waals surface area contributed by atoms with Crippen LogP contribution in [0.1, 0.15) is 28.8 Å². The third-order valence-corrected chi connectivity index (χ3v) is 4.02. The summed E-state index contributed by atoms with van der Waals surface area (Å²) in [6.45, 7) is 2.19. The minimum Gasteiger partial charge on any atom is -0.493 e. The van der Waals surface area contributed by atoms with Crippen LogP contribution < -0.4 is 25.3 Å². The number of hydrogen-bond acceptors (Lipinski definition) is 5. The van der Waals surface area contributed by atoms with E-state index in [1.54, 1.807) is 0 Å². The van der Waals surface area contributed by atoms with Gasteiger partial charge in [0.05, 0.1) is 14.2 Å². The predicted octanol–water partition coefficient (Wildman–Crippen LogP) is 2.10. The molecule has 0 saturated heterocycles. The molecule has 7 nitrogen and oxygen atoms in total. The summed E-state index contributed by atoms with van der Waals surface area (Å²) in [7, 11) is 2.87. The summed E-state index contributed by atoms with van der Waals surface area (Å²) in [5.74, 6) is 0.0329. The Hall–Kier alpha value is -3.22. The van der Waals surface area contributed by atoms with Gasteiger partial charge < -0.3 is 25.3 Å². The van der Waals surface area contributed by atoms with Crippen LogP contribution >= 0.6 is 0 Å². The number of carbonyl (C=O) groups is 2. The number of benzene rings is 2. The summed E-state index contributed by atoms with van der Waals surface area (Å²) in [5.41, 5.74) is 6.61. The normalized spacial score (nSPS) is 11.4. The van der Waals surface area contributed by atoms with E-state index in [0.717, 1.165) is 5.56 Å². The molecule has 7 heteroatoms. The predicted molar refractivity (Wildman–Crippen MR) is 101 cm³/mol. The molecule has 0 radical (unpaired) electrons. The van der Waals surface area contributed by atoms with Gasteiger partial charge >= 0.3 is 0 Å². The Balaban J connectivity index is 2.14. The van der Waals surface area contributed by atoms with Crippen LogP contribution in [0.15, 0.2) is 42.5 Å². The SMILES string of the molecule is COc1cc(C(=O)NC[C@@H](C)c2ccccc2)cc(OC)c1OCC(N)=O. The van der Waals surface area contributed by atoms with Crippen molar-refractivity contribution >= 4 is 11.8 Å². The lowest BCUT2D eigenvalue weighted by Crippen LogP contribution is -2.27. The number of rotatable bonds is 9. The van der Waals surface area contributed by atoms with Crippen molar-refractivity contribution in [2.24, 2.45) is 5.73 Å². The molecule has 0 unspecified atom stereocenters. The van der Waals surface area contributed by atoms with Crippen molar-refractivity contribution in [1.82, 2.24) is 5.32 Å². The number of nitrogens with one attached hydrogen (secondary N) is 1. The molecule has 0 heterocycles. The molecule has 0 aliphatic carbocycles. The van der Waals surface area contributed by atoms with Gasteiger partial charge in [-0.25, -0.2) is 0 Å². The highest BCUT2D eigenvalue weighted by Gasteiger charge is 2.19. The minimum atomic E-state index is -0.629. The second-order valence-electron chi connectivity index (χ2n) is 5.99. The first-order chi connectivity index (χ1) is 13.0. The summed E-state index contributed by atoms with van der Waals surface area (Å²) in [6, 6.07) is 13.0. The molecule has 0 fully saturated rings. The standard InChI is InChI=1S/C20H24N2O5/c1-13(14-7-5-4-6-8-14)11-22-20(24)15-9-16(25-2)19(17(10-15)26-3)27-12-18(21)23/h4-10,13H,11-12H2,1-3H3,(H2,21,23)(H,22,24)/t13-/m1/s1. The molecule has 0 aliphatic rings. The van der Waals surface area contributed by atoms with Crippen molar-refractivity contribution in [1.29, 1.82) is 0 Å². The zero-order valence-electron chi connectivity index (χ0n) is 15.7. The summed E-state index contributed by atoms with van der Waals surface area (Å²) >= 11 is 0. The third-order valence-electron chi connectivity index (χ3n) is 4.02. The average Bonchev–Trinajstić information content (AvgIpc) is 2.69. The maximum Gasteiger partial charge on any atom is 0.255 e. The quantitative estimate of drug-likeness (QED) is 0.702. The number of nitrogens with two attached hydrogens (primary N) is 1. The van der Waals surface area contributed by atoms with Crippen LogP contribution in [0.3, 0.4) is 0 Å². The monoisotopic (exact) mass is 372 g/mol. The van der Waals surface area contributed by atoms with E-state index >= 15 is 0 Å². The van der Waals surface area contributed by atoms with E-state index in [1.807, 2.05) is 37.3 Å². The molecule has 27 heavy (non-hydrogen) atoms. The lowest BCUT2D eigenvalue weighted by Gasteiger charge is -2.16. The molecule has 0 bridgehead atoms. The second-order valence-corrected chi connectivity index (χ2v) is 5.99. The molecule has 144 valence electrons. The maximum absolute atomic E-state index is 12.6. The van der Waals surface area contributed by atoms with Crippen molar-refractivity contribution in [3.63, 3.8) is 0 Å². The van der Waals surface area contributed by atoms with Gasteiger partial charge in [-0.3, -0.25) is 9.59 Å². The molecule has 2 aromatic rings. The van der Waals surface area contributed by atoms with Gasteiger partial charge in [-0.05, 0) is 23.6 Å². The Bertz CT molecular complexity index is 767. The molecule has 0 aliphatic heterocycles. The summed E-state index contributed by atoms with van der Waals surface area (Å²) in [6.07, 6.45) is 0. The van der Waals surface area contributed by atoms with Crippen LogP contribution in [0.5, 0.6) is 17.2 Å². The number of hydrogen-bond donors (Lipinski definition) is 2. The summed E-state index contributed by atoms with van der Waals surface area (Å²) in [5, 5.41) is 2.90. The van der Waals surface area contributed by atoms with E-state index in [2.05, 4.69) is 5.32 Å². The topological polar surface area (TPSA) is 99.9 Å². The van der Waals surface area contributed by atoms with E-state index < -0.39 is 5.91 Å². The largest absolute Gasteiger partial charge is 0.493 e.